The van der Waals surface area contributed by atoms with Crippen molar-refractivity contribution >= 4 is 11.9 Å². The van der Waals surface area contributed by atoms with Gasteiger partial charge in [-0.1, -0.05) is 24.3 Å². The molecule has 3 aromatic carbocycles. The van der Waals surface area contributed by atoms with Gasteiger partial charge in [0.25, 0.3) is 0 Å². The van der Waals surface area contributed by atoms with Crippen molar-refractivity contribution < 1.29 is 28.5 Å². The molecule has 166 valence electrons. The number of rotatable bonds is 8. The van der Waals surface area contributed by atoms with Crippen molar-refractivity contribution in [3.05, 3.63) is 71.8 Å². The summed E-state index contributed by atoms with van der Waals surface area (Å²) >= 11 is 0. The number of hydrogen-bond donors (Lipinski definition) is 0. The molecule has 3 rings (SSSR count). The molecule has 0 atom stereocenters. The highest BCUT2D eigenvalue weighted by Gasteiger charge is 2.16. The summed E-state index contributed by atoms with van der Waals surface area (Å²) in [7, 11) is 2.71. The van der Waals surface area contributed by atoms with E-state index in [0.717, 1.165) is 22.3 Å². The molecule has 0 aromatic heterocycles. The predicted molar refractivity (Wildman–Crippen MR) is 122 cm³/mol. The molecule has 0 bridgehead atoms. The van der Waals surface area contributed by atoms with E-state index in [1.807, 2.05) is 50.2 Å². The van der Waals surface area contributed by atoms with E-state index in [1.165, 1.54) is 14.2 Å². The molecule has 0 aliphatic carbocycles. The van der Waals surface area contributed by atoms with Crippen LogP contribution in [0.1, 0.15) is 34.6 Å². The summed E-state index contributed by atoms with van der Waals surface area (Å²) in [6.07, 6.45) is 0. The van der Waals surface area contributed by atoms with E-state index in [1.54, 1.807) is 24.3 Å². The van der Waals surface area contributed by atoms with E-state index in [0.29, 0.717) is 35.8 Å². The quantitative estimate of drug-likeness (QED) is 0.443. The summed E-state index contributed by atoms with van der Waals surface area (Å²) < 4.78 is 21.4. The lowest BCUT2D eigenvalue weighted by Crippen LogP contribution is -2.02. The lowest BCUT2D eigenvalue weighted by Gasteiger charge is -2.17. The topological polar surface area (TPSA) is 71.1 Å². The van der Waals surface area contributed by atoms with Crippen LogP contribution in [0.25, 0.3) is 22.3 Å². The first kappa shape index (κ1) is 22.9. The van der Waals surface area contributed by atoms with Crippen LogP contribution in [-0.4, -0.2) is 39.4 Å². The fourth-order valence-corrected chi connectivity index (χ4v) is 3.37. The first-order valence-electron chi connectivity index (χ1n) is 10.3. The molecular weight excluding hydrogens is 408 g/mol. The van der Waals surface area contributed by atoms with Crippen molar-refractivity contribution in [1.82, 2.24) is 0 Å². The van der Waals surface area contributed by atoms with Crippen LogP contribution in [0.3, 0.4) is 0 Å². The lowest BCUT2D eigenvalue weighted by atomic mass is 9.96. The number of carbonyl (C=O) groups is 2. The Morgan fingerprint density at radius 1 is 0.625 bits per heavy atom. The van der Waals surface area contributed by atoms with Gasteiger partial charge in [0.05, 0.1) is 38.6 Å². The minimum atomic E-state index is -0.387. The van der Waals surface area contributed by atoms with Crippen LogP contribution >= 0.6 is 0 Å². The second-order valence-electron chi connectivity index (χ2n) is 6.85. The zero-order valence-corrected chi connectivity index (χ0v) is 18.6. The van der Waals surface area contributed by atoms with Gasteiger partial charge in [-0.25, -0.2) is 9.59 Å². The van der Waals surface area contributed by atoms with Crippen molar-refractivity contribution in [1.29, 1.82) is 0 Å². The van der Waals surface area contributed by atoms with Crippen molar-refractivity contribution in [3.8, 4) is 33.8 Å². The number of hydrogen-bond acceptors (Lipinski definition) is 6. The lowest BCUT2D eigenvalue weighted by molar-refractivity contribution is 0.0592. The Labute approximate surface area is 187 Å². The summed E-state index contributed by atoms with van der Waals surface area (Å²) in [5.74, 6) is 0.604. The number of carbonyl (C=O) groups excluding carboxylic acids is 2. The molecule has 0 aliphatic heterocycles. The largest absolute Gasteiger partial charge is 0.493 e. The smallest absolute Gasteiger partial charge is 0.337 e. The summed E-state index contributed by atoms with van der Waals surface area (Å²) in [5, 5.41) is 0. The van der Waals surface area contributed by atoms with Crippen molar-refractivity contribution in [2.45, 2.75) is 13.8 Å². The molecule has 0 N–H and O–H groups in total. The van der Waals surface area contributed by atoms with Gasteiger partial charge in [-0.15, -0.1) is 0 Å². The Balaban J connectivity index is 2.09. The highest BCUT2D eigenvalue weighted by atomic mass is 16.5. The Hall–Kier alpha value is -3.80. The van der Waals surface area contributed by atoms with Crippen LogP contribution in [0.5, 0.6) is 11.5 Å². The fraction of sp³-hybridized carbons (Fsp3) is 0.231. The summed E-state index contributed by atoms with van der Waals surface area (Å²) in [6.45, 7) is 4.82. The fourth-order valence-electron chi connectivity index (χ4n) is 3.37. The molecule has 0 amide bonds. The van der Waals surface area contributed by atoms with Gasteiger partial charge in [0.1, 0.15) is 11.5 Å². The van der Waals surface area contributed by atoms with Crippen LogP contribution in [0, 0.1) is 0 Å². The van der Waals surface area contributed by atoms with Crippen molar-refractivity contribution in [2.75, 3.05) is 27.4 Å². The number of esters is 2. The molecule has 0 fully saturated rings. The minimum Gasteiger partial charge on any atom is -0.493 e. The first-order chi connectivity index (χ1) is 15.5. The number of methoxy groups -OCH3 is 2. The molecule has 32 heavy (non-hydrogen) atoms. The molecule has 6 heteroatoms. The minimum absolute atomic E-state index is 0.387. The first-order valence-corrected chi connectivity index (χ1v) is 10.3. The molecule has 6 nitrogen and oxygen atoms in total. The third kappa shape index (κ3) is 4.91. The second-order valence-corrected chi connectivity index (χ2v) is 6.85. The predicted octanol–water partition coefficient (Wildman–Crippen LogP) is 5.39. The van der Waals surface area contributed by atoms with Gasteiger partial charge in [0.2, 0.25) is 0 Å². The van der Waals surface area contributed by atoms with E-state index in [2.05, 4.69) is 0 Å². The molecular formula is C26H26O6. The highest BCUT2D eigenvalue weighted by molar-refractivity contribution is 5.91. The molecule has 0 saturated heterocycles. The molecule has 0 aliphatic rings. The monoisotopic (exact) mass is 434 g/mol. The summed E-state index contributed by atoms with van der Waals surface area (Å²) in [4.78, 5) is 23.5. The summed E-state index contributed by atoms with van der Waals surface area (Å²) in [6, 6.07) is 18.2. The highest BCUT2D eigenvalue weighted by Crippen LogP contribution is 2.41. The summed E-state index contributed by atoms with van der Waals surface area (Å²) in [5.41, 5.74) is 4.41. The van der Waals surface area contributed by atoms with Gasteiger partial charge in [-0.05, 0) is 61.4 Å². The normalized spacial score (nSPS) is 10.4. The third-order valence-electron chi connectivity index (χ3n) is 4.92. The van der Waals surface area contributed by atoms with E-state index in [-0.39, 0.29) is 11.9 Å². The molecule has 3 aromatic rings. The Morgan fingerprint density at radius 2 is 0.969 bits per heavy atom. The number of benzene rings is 3. The van der Waals surface area contributed by atoms with Crippen LogP contribution in [0.15, 0.2) is 60.7 Å². The molecule has 0 spiro atoms. The van der Waals surface area contributed by atoms with Crippen molar-refractivity contribution in [3.63, 3.8) is 0 Å². The van der Waals surface area contributed by atoms with Crippen LogP contribution < -0.4 is 9.47 Å². The maximum absolute atomic E-state index is 11.8. The number of ether oxygens (including phenoxy) is 4. The van der Waals surface area contributed by atoms with Gasteiger partial charge in [0, 0.05) is 11.1 Å². The molecule has 0 radical (unpaired) electrons. The molecule has 0 heterocycles. The van der Waals surface area contributed by atoms with E-state index < -0.39 is 0 Å². The van der Waals surface area contributed by atoms with Gasteiger partial charge in [-0.2, -0.15) is 0 Å². The third-order valence-corrected chi connectivity index (χ3v) is 4.92. The van der Waals surface area contributed by atoms with Gasteiger partial charge in [0.15, 0.2) is 0 Å². The maximum Gasteiger partial charge on any atom is 0.337 e. The zero-order valence-electron chi connectivity index (χ0n) is 18.6. The zero-order chi connectivity index (χ0) is 23.1. The Bertz CT molecular complexity index is 995. The Kier molecular flexibility index (Phi) is 7.49. The van der Waals surface area contributed by atoms with Crippen LogP contribution in [0.4, 0.5) is 0 Å². The average Bonchev–Trinajstić information content (AvgIpc) is 2.84. The maximum atomic E-state index is 11.8. The molecule has 0 unspecified atom stereocenters. The van der Waals surface area contributed by atoms with E-state index in [9.17, 15) is 9.59 Å². The average molecular weight is 434 g/mol. The molecule has 0 saturated carbocycles. The van der Waals surface area contributed by atoms with Gasteiger partial charge < -0.3 is 18.9 Å². The van der Waals surface area contributed by atoms with Crippen LogP contribution in [0.2, 0.25) is 0 Å². The Morgan fingerprint density at radius 3 is 1.25 bits per heavy atom. The van der Waals surface area contributed by atoms with Gasteiger partial charge >= 0.3 is 11.9 Å². The van der Waals surface area contributed by atoms with Gasteiger partial charge in [-0.3, -0.25) is 0 Å². The standard InChI is InChI=1S/C26H26O6/c1-5-31-23-15-22(18-9-13-20(14-10-18)26(28)30-4)24(32-6-2)16-21(23)17-7-11-19(12-8-17)25(27)29-3/h7-16H,5-6H2,1-4H3. The van der Waals surface area contributed by atoms with E-state index >= 15 is 0 Å². The van der Waals surface area contributed by atoms with Crippen LogP contribution in [-0.2, 0) is 9.47 Å². The SMILES string of the molecule is CCOc1cc(-c2ccc(C(=O)OC)cc2)c(OCC)cc1-c1ccc(C(=O)OC)cc1. The van der Waals surface area contributed by atoms with E-state index in [4.69, 9.17) is 18.9 Å². The second kappa shape index (κ2) is 10.5. The van der Waals surface area contributed by atoms with Crippen molar-refractivity contribution in [2.24, 2.45) is 0 Å².